The molecular formula is C19H34N2. The summed E-state index contributed by atoms with van der Waals surface area (Å²) in [5.74, 6) is 0. The Morgan fingerprint density at radius 3 is 2.19 bits per heavy atom. The number of nitrogens with one attached hydrogen (secondary N) is 1. The van der Waals surface area contributed by atoms with Gasteiger partial charge in [0.15, 0.2) is 0 Å². The van der Waals surface area contributed by atoms with Gasteiger partial charge in [-0.15, -0.1) is 0 Å². The quantitative estimate of drug-likeness (QED) is 0.760. The fraction of sp³-hybridized carbons (Fsp3) is 0.684. The van der Waals surface area contributed by atoms with Crippen molar-refractivity contribution in [1.82, 2.24) is 10.2 Å². The Morgan fingerprint density at radius 2 is 1.71 bits per heavy atom. The van der Waals surface area contributed by atoms with Gasteiger partial charge in [-0.2, -0.15) is 0 Å². The number of rotatable bonds is 8. The molecule has 0 fully saturated rings. The van der Waals surface area contributed by atoms with Crippen LogP contribution in [0, 0.1) is 13.8 Å². The Kier molecular flexibility index (Phi) is 6.89. The largest absolute Gasteiger partial charge is 0.308 e. The standard InChI is InChI=1S/C19H34N2/c1-8-14-20-18(19(9-2,10-3)21(6)7)17-13-11-12-15(4)16(17)5/h11-13,18,20H,8-10,14H2,1-7H3. The summed E-state index contributed by atoms with van der Waals surface area (Å²) in [6.07, 6.45) is 3.45. The lowest BCUT2D eigenvalue weighted by Gasteiger charge is -2.46. The van der Waals surface area contributed by atoms with Crippen molar-refractivity contribution in [2.45, 2.75) is 65.5 Å². The van der Waals surface area contributed by atoms with E-state index in [4.69, 9.17) is 0 Å². The molecule has 2 heteroatoms. The molecule has 1 N–H and O–H groups in total. The molecule has 0 saturated carbocycles. The minimum Gasteiger partial charge on any atom is -0.308 e. The highest BCUT2D eigenvalue weighted by Crippen LogP contribution is 2.37. The van der Waals surface area contributed by atoms with E-state index in [1.54, 1.807) is 0 Å². The van der Waals surface area contributed by atoms with Crippen LogP contribution in [0.3, 0.4) is 0 Å². The van der Waals surface area contributed by atoms with E-state index in [-0.39, 0.29) is 5.54 Å². The second-order valence-electron chi connectivity index (χ2n) is 6.38. The van der Waals surface area contributed by atoms with Crippen molar-refractivity contribution in [2.75, 3.05) is 20.6 Å². The molecule has 120 valence electrons. The van der Waals surface area contributed by atoms with Gasteiger partial charge in [0.1, 0.15) is 0 Å². The monoisotopic (exact) mass is 290 g/mol. The lowest BCUT2D eigenvalue weighted by molar-refractivity contribution is 0.0878. The lowest BCUT2D eigenvalue weighted by atomic mass is 9.77. The van der Waals surface area contributed by atoms with Crippen LogP contribution in [0.1, 0.15) is 62.8 Å². The average Bonchev–Trinajstić information content (AvgIpc) is 2.47. The van der Waals surface area contributed by atoms with Gasteiger partial charge in [0.25, 0.3) is 0 Å². The van der Waals surface area contributed by atoms with E-state index in [0.29, 0.717) is 6.04 Å². The maximum atomic E-state index is 3.84. The van der Waals surface area contributed by atoms with Crippen LogP contribution in [-0.2, 0) is 0 Å². The van der Waals surface area contributed by atoms with Gasteiger partial charge in [-0.1, -0.05) is 39.0 Å². The van der Waals surface area contributed by atoms with Crippen molar-refractivity contribution in [3.8, 4) is 0 Å². The molecule has 0 aromatic heterocycles. The molecule has 1 atom stereocenters. The van der Waals surface area contributed by atoms with E-state index in [9.17, 15) is 0 Å². The summed E-state index contributed by atoms with van der Waals surface area (Å²) >= 11 is 0. The van der Waals surface area contributed by atoms with Crippen molar-refractivity contribution >= 4 is 0 Å². The summed E-state index contributed by atoms with van der Waals surface area (Å²) in [4.78, 5) is 2.42. The molecule has 0 spiro atoms. The van der Waals surface area contributed by atoms with E-state index in [0.717, 1.165) is 25.8 Å². The molecule has 0 radical (unpaired) electrons. The zero-order chi connectivity index (χ0) is 16.0. The van der Waals surface area contributed by atoms with Crippen molar-refractivity contribution in [2.24, 2.45) is 0 Å². The van der Waals surface area contributed by atoms with Crippen LogP contribution in [0.2, 0.25) is 0 Å². The van der Waals surface area contributed by atoms with E-state index in [1.807, 2.05) is 0 Å². The second kappa shape index (κ2) is 7.95. The Morgan fingerprint density at radius 1 is 1.10 bits per heavy atom. The molecular weight excluding hydrogens is 256 g/mol. The predicted molar refractivity (Wildman–Crippen MR) is 94.0 cm³/mol. The predicted octanol–water partition coefficient (Wildman–Crippen LogP) is 4.46. The first-order valence-corrected chi connectivity index (χ1v) is 8.41. The number of hydrogen-bond donors (Lipinski definition) is 1. The summed E-state index contributed by atoms with van der Waals surface area (Å²) in [5, 5.41) is 3.84. The van der Waals surface area contributed by atoms with Gasteiger partial charge in [0.05, 0.1) is 6.04 Å². The third-order valence-corrected chi connectivity index (χ3v) is 5.21. The molecule has 0 bridgehead atoms. The van der Waals surface area contributed by atoms with Crippen molar-refractivity contribution < 1.29 is 0 Å². The minimum atomic E-state index is 0.160. The van der Waals surface area contributed by atoms with Gasteiger partial charge in [-0.25, -0.2) is 0 Å². The Bertz CT molecular complexity index is 433. The molecule has 0 heterocycles. The van der Waals surface area contributed by atoms with E-state index in [1.165, 1.54) is 16.7 Å². The van der Waals surface area contributed by atoms with Gasteiger partial charge in [-0.3, -0.25) is 0 Å². The smallest absolute Gasteiger partial charge is 0.0509 e. The van der Waals surface area contributed by atoms with E-state index >= 15 is 0 Å². The molecule has 2 nitrogen and oxygen atoms in total. The van der Waals surface area contributed by atoms with Crippen LogP contribution in [0.4, 0.5) is 0 Å². The van der Waals surface area contributed by atoms with E-state index < -0.39 is 0 Å². The molecule has 1 rings (SSSR count). The van der Waals surface area contributed by atoms with Gasteiger partial charge in [-0.05, 0) is 70.4 Å². The van der Waals surface area contributed by atoms with Gasteiger partial charge in [0, 0.05) is 5.54 Å². The van der Waals surface area contributed by atoms with E-state index in [2.05, 4.69) is 77.1 Å². The normalized spacial score (nSPS) is 13.7. The number of benzene rings is 1. The molecule has 0 aliphatic carbocycles. The summed E-state index contributed by atoms with van der Waals surface area (Å²) in [6.45, 7) is 12.4. The Hall–Kier alpha value is -0.860. The van der Waals surface area contributed by atoms with Crippen LogP contribution < -0.4 is 5.32 Å². The summed E-state index contributed by atoms with van der Waals surface area (Å²) in [6, 6.07) is 7.09. The van der Waals surface area contributed by atoms with Crippen LogP contribution in [0.15, 0.2) is 18.2 Å². The molecule has 1 unspecified atom stereocenters. The first-order chi connectivity index (χ1) is 9.94. The average molecular weight is 290 g/mol. The molecule has 1 aromatic rings. The molecule has 0 saturated heterocycles. The molecule has 0 aliphatic heterocycles. The molecule has 21 heavy (non-hydrogen) atoms. The maximum absolute atomic E-state index is 3.84. The number of nitrogens with zero attached hydrogens (tertiary/aromatic N) is 1. The topological polar surface area (TPSA) is 15.3 Å². The van der Waals surface area contributed by atoms with Gasteiger partial charge in [0.2, 0.25) is 0 Å². The summed E-state index contributed by atoms with van der Waals surface area (Å²) < 4.78 is 0. The number of hydrogen-bond acceptors (Lipinski definition) is 2. The van der Waals surface area contributed by atoms with Crippen molar-refractivity contribution in [1.29, 1.82) is 0 Å². The minimum absolute atomic E-state index is 0.160. The molecule has 0 aliphatic rings. The first-order valence-electron chi connectivity index (χ1n) is 8.41. The van der Waals surface area contributed by atoms with Crippen LogP contribution in [0.5, 0.6) is 0 Å². The van der Waals surface area contributed by atoms with Crippen molar-refractivity contribution in [3.63, 3.8) is 0 Å². The second-order valence-corrected chi connectivity index (χ2v) is 6.38. The first kappa shape index (κ1) is 18.2. The highest BCUT2D eigenvalue weighted by Gasteiger charge is 2.39. The Labute approximate surface area is 131 Å². The number of likely N-dealkylation sites (N-methyl/N-ethyl adjacent to an activating group) is 1. The highest BCUT2D eigenvalue weighted by molar-refractivity contribution is 5.37. The third-order valence-electron chi connectivity index (χ3n) is 5.21. The zero-order valence-electron chi connectivity index (χ0n) is 15.1. The van der Waals surface area contributed by atoms with Gasteiger partial charge >= 0.3 is 0 Å². The zero-order valence-corrected chi connectivity index (χ0v) is 15.1. The van der Waals surface area contributed by atoms with Crippen LogP contribution >= 0.6 is 0 Å². The summed E-state index contributed by atoms with van der Waals surface area (Å²) in [7, 11) is 4.44. The fourth-order valence-electron chi connectivity index (χ4n) is 3.51. The Balaban J connectivity index is 3.36. The molecule has 1 aromatic carbocycles. The maximum Gasteiger partial charge on any atom is 0.0509 e. The summed E-state index contributed by atoms with van der Waals surface area (Å²) in [5.41, 5.74) is 4.43. The van der Waals surface area contributed by atoms with Crippen LogP contribution in [0.25, 0.3) is 0 Å². The number of aryl methyl sites for hydroxylation is 1. The highest BCUT2D eigenvalue weighted by atomic mass is 15.2. The van der Waals surface area contributed by atoms with Crippen LogP contribution in [-0.4, -0.2) is 31.1 Å². The SMILES string of the molecule is CCCNC(c1cccc(C)c1C)C(CC)(CC)N(C)C. The fourth-order valence-corrected chi connectivity index (χ4v) is 3.51. The van der Waals surface area contributed by atoms with Crippen molar-refractivity contribution in [3.05, 3.63) is 34.9 Å². The molecule has 0 amide bonds. The van der Waals surface area contributed by atoms with Gasteiger partial charge < -0.3 is 10.2 Å². The third kappa shape index (κ3) is 3.67. The lowest BCUT2D eigenvalue weighted by Crippen LogP contribution is -2.53.